The zero-order valence-electron chi connectivity index (χ0n) is 4.39. The molecule has 0 aliphatic rings. The van der Waals surface area contributed by atoms with Crippen LogP contribution in [0.2, 0.25) is 0 Å². The van der Waals surface area contributed by atoms with Gasteiger partial charge in [0.2, 0.25) is 0 Å². The van der Waals surface area contributed by atoms with Crippen LogP contribution >= 0.6 is 0 Å². The Labute approximate surface area is 50.2 Å². The number of hydrogen-bond acceptors (Lipinski definition) is 3. The van der Waals surface area contributed by atoms with Gasteiger partial charge in [0.25, 0.3) is 5.09 Å². The first-order valence-electron chi connectivity index (χ1n) is 2.00. The number of nitrogens with one attached hydrogen (secondary N) is 1. The van der Waals surface area contributed by atoms with Crippen molar-refractivity contribution in [1.82, 2.24) is 10.2 Å². The van der Waals surface area contributed by atoms with Crippen LogP contribution in [0.25, 0.3) is 0 Å². The van der Waals surface area contributed by atoms with Gasteiger partial charge < -0.3 is 5.21 Å². The molecule has 0 aliphatic carbocycles. The van der Waals surface area contributed by atoms with E-state index in [0.29, 0.717) is 0 Å². The van der Waals surface area contributed by atoms with Crippen LogP contribution < -0.4 is 0 Å². The van der Waals surface area contributed by atoms with Gasteiger partial charge in [-0.1, -0.05) is 0 Å². The first kappa shape index (κ1) is 7.41. The highest BCUT2D eigenvalue weighted by Gasteiger charge is 1.65. The highest BCUT2D eigenvalue weighted by atomic mass is 16.9. The number of H-pyrrole nitrogens is 1. The number of aromatic amines is 1. The Morgan fingerprint density at radius 2 is 2.33 bits per heavy atom. The van der Waals surface area contributed by atoms with Gasteiger partial charge in [-0.3, -0.25) is 5.10 Å². The molecule has 0 saturated heterocycles. The minimum absolute atomic E-state index is 1.50. The number of nitrogens with zero attached hydrogens (tertiary/aromatic N) is 2. The second-order valence-electron chi connectivity index (χ2n) is 1.00. The number of hydrogen-bond donors (Lipinski definition) is 2. The van der Waals surface area contributed by atoms with Gasteiger partial charge in [0.05, 0.1) is 0 Å². The Kier molecular flexibility index (Phi) is 3.76. The highest BCUT2D eigenvalue weighted by Crippen LogP contribution is 1.64. The second kappa shape index (κ2) is 4.57. The Morgan fingerprint density at radius 1 is 1.78 bits per heavy atom. The van der Waals surface area contributed by atoms with Gasteiger partial charge in [-0.25, -0.2) is 0 Å². The Balaban J connectivity index is 0.000000148. The summed E-state index contributed by atoms with van der Waals surface area (Å²) in [6, 6.07) is 1.83. The van der Waals surface area contributed by atoms with Crippen molar-refractivity contribution in [2.45, 2.75) is 0 Å². The van der Waals surface area contributed by atoms with E-state index in [1.807, 2.05) is 6.07 Å². The van der Waals surface area contributed by atoms with Crippen molar-refractivity contribution < 1.29 is 10.3 Å². The van der Waals surface area contributed by atoms with E-state index in [2.05, 4.69) is 10.2 Å². The average Bonchev–Trinajstić information content (AvgIpc) is 2.11. The van der Waals surface area contributed by atoms with Crippen molar-refractivity contribution in [2.24, 2.45) is 0 Å². The fourth-order valence-corrected chi connectivity index (χ4v) is 0.215. The van der Waals surface area contributed by atoms with E-state index < -0.39 is 5.09 Å². The first-order valence-corrected chi connectivity index (χ1v) is 2.00. The molecule has 0 bridgehead atoms. The smallest absolute Gasteiger partial charge is 0.291 e. The van der Waals surface area contributed by atoms with Crippen molar-refractivity contribution in [1.29, 1.82) is 0 Å². The molecular formula is C3H5N3O3. The number of aromatic nitrogens is 2. The lowest BCUT2D eigenvalue weighted by atomic mass is 10.8. The molecule has 9 heavy (non-hydrogen) atoms. The molecule has 0 aliphatic heterocycles. The van der Waals surface area contributed by atoms with Crippen LogP contribution in [-0.4, -0.2) is 20.5 Å². The molecule has 0 aromatic carbocycles. The van der Waals surface area contributed by atoms with Crippen molar-refractivity contribution in [3.8, 4) is 0 Å². The van der Waals surface area contributed by atoms with Crippen LogP contribution in [0.4, 0.5) is 0 Å². The van der Waals surface area contributed by atoms with Gasteiger partial charge >= 0.3 is 0 Å². The lowest BCUT2D eigenvalue weighted by Gasteiger charge is -1.56. The van der Waals surface area contributed by atoms with Crippen LogP contribution in [0.1, 0.15) is 0 Å². The third kappa shape index (κ3) is 10.7. The van der Waals surface area contributed by atoms with Crippen LogP contribution in [0.15, 0.2) is 18.5 Å². The molecule has 0 radical (unpaired) electrons. The standard InChI is InChI=1S/C3H4N2.HNO3/c1-2-4-5-3-1;2-1(3)4/h1-3H,(H,4,5);(H,2,3,4). The predicted octanol–water partition coefficient (Wildman–Crippen LogP) is 0.0620. The quantitative estimate of drug-likeness (QED) is 0.384. The largest absolute Gasteiger partial charge is 0.328 e. The first-order chi connectivity index (χ1) is 4.23. The maximum atomic E-state index is 8.36. The van der Waals surface area contributed by atoms with E-state index in [-0.39, 0.29) is 0 Å². The molecule has 6 heteroatoms. The van der Waals surface area contributed by atoms with E-state index in [0.717, 1.165) is 0 Å². The zero-order valence-corrected chi connectivity index (χ0v) is 4.39. The van der Waals surface area contributed by atoms with Crippen molar-refractivity contribution in [3.05, 3.63) is 28.6 Å². The van der Waals surface area contributed by atoms with Crippen LogP contribution in [-0.2, 0) is 0 Å². The molecule has 2 N–H and O–H groups in total. The summed E-state index contributed by atoms with van der Waals surface area (Å²) in [5.74, 6) is 0. The van der Waals surface area contributed by atoms with E-state index in [1.54, 1.807) is 12.4 Å². The van der Waals surface area contributed by atoms with Gasteiger partial charge in [-0.2, -0.15) is 5.10 Å². The van der Waals surface area contributed by atoms with E-state index in [1.165, 1.54) is 0 Å². The Hall–Kier alpha value is -1.59. The van der Waals surface area contributed by atoms with Gasteiger partial charge in [-0.15, -0.1) is 10.1 Å². The molecule has 0 unspecified atom stereocenters. The molecule has 0 atom stereocenters. The molecule has 0 spiro atoms. The monoisotopic (exact) mass is 131 g/mol. The summed E-state index contributed by atoms with van der Waals surface area (Å²) in [7, 11) is 0. The lowest BCUT2D eigenvalue weighted by molar-refractivity contribution is -0.742. The lowest BCUT2D eigenvalue weighted by Crippen LogP contribution is -1.81. The summed E-state index contributed by atoms with van der Waals surface area (Å²) in [6.07, 6.45) is 3.46. The maximum Gasteiger partial charge on any atom is 0.291 e. The summed E-state index contributed by atoms with van der Waals surface area (Å²) in [5.41, 5.74) is 0. The third-order valence-electron chi connectivity index (χ3n) is 0.406. The summed E-state index contributed by atoms with van der Waals surface area (Å²) < 4.78 is 0. The van der Waals surface area contributed by atoms with E-state index in [4.69, 9.17) is 15.3 Å². The van der Waals surface area contributed by atoms with E-state index in [9.17, 15) is 0 Å². The Bertz CT molecular complexity index is 128. The zero-order chi connectivity index (χ0) is 7.11. The SMILES string of the molecule is O=[N+]([O-])O.c1cn[nH]c1. The van der Waals surface area contributed by atoms with Gasteiger partial charge in [0.1, 0.15) is 0 Å². The average molecular weight is 131 g/mol. The molecule has 6 nitrogen and oxygen atoms in total. The maximum absolute atomic E-state index is 8.36. The summed E-state index contributed by atoms with van der Waals surface area (Å²) in [5, 5.41) is 19.8. The van der Waals surface area contributed by atoms with E-state index >= 15 is 0 Å². The summed E-state index contributed by atoms with van der Waals surface area (Å²) in [6.45, 7) is 0. The fourth-order valence-electron chi connectivity index (χ4n) is 0.215. The van der Waals surface area contributed by atoms with Crippen LogP contribution in [0.5, 0.6) is 0 Å². The van der Waals surface area contributed by atoms with Gasteiger partial charge in [-0.05, 0) is 6.07 Å². The summed E-state index contributed by atoms with van der Waals surface area (Å²) >= 11 is 0. The molecule has 0 saturated carbocycles. The molecule has 1 aromatic heterocycles. The van der Waals surface area contributed by atoms with Crippen LogP contribution in [0.3, 0.4) is 0 Å². The predicted molar refractivity (Wildman–Crippen MR) is 27.4 cm³/mol. The molecule has 50 valence electrons. The van der Waals surface area contributed by atoms with Crippen molar-refractivity contribution >= 4 is 0 Å². The van der Waals surface area contributed by atoms with Crippen LogP contribution in [0, 0.1) is 10.1 Å². The minimum atomic E-state index is -1.50. The fraction of sp³-hybridized carbons (Fsp3) is 0. The third-order valence-corrected chi connectivity index (χ3v) is 0.406. The Morgan fingerprint density at radius 3 is 2.44 bits per heavy atom. The topological polar surface area (TPSA) is 92.1 Å². The molecule has 1 rings (SSSR count). The highest BCUT2D eigenvalue weighted by molar-refractivity contribution is 4.72. The van der Waals surface area contributed by atoms with Crippen molar-refractivity contribution in [3.63, 3.8) is 0 Å². The molecule has 0 fully saturated rings. The molecule has 1 aromatic rings. The normalized spacial score (nSPS) is 7.11. The minimum Gasteiger partial charge on any atom is -0.328 e. The second-order valence-corrected chi connectivity index (χ2v) is 1.00. The molecular weight excluding hydrogens is 126 g/mol. The molecule has 1 heterocycles. The van der Waals surface area contributed by atoms with Crippen molar-refractivity contribution in [2.75, 3.05) is 0 Å². The molecule has 0 amide bonds. The number of rotatable bonds is 0. The van der Waals surface area contributed by atoms with Gasteiger partial charge in [0.15, 0.2) is 0 Å². The van der Waals surface area contributed by atoms with Gasteiger partial charge in [0, 0.05) is 12.4 Å². The summed E-state index contributed by atoms with van der Waals surface area (Å²) in [4.78, 5) is 8.36.